The van der Waals surface area contributed by atoms with Crippen LogP contribution in [-0.2, 0) is 11.3 Å². The van der Waals surface area contributed by atoms with E-state index >= 15 is 0 Å². The molecule has 35 heavy (non-hydrogen) atoms. The van der Waals surface area contributed by atoms with Gasteiger partial charge in [0.15, 0.2) is 5.82 Å². The number of nitrogens with two attached hydrogens (primary N) is 1. The van der Waals surface area contributed by atoms with E-state index in [-0.39, 0.29) is 6.03 Å². The third-order valence-electron chi connectivity index (χ3n) is 5.95. The second kappa shape index (κ2) is 10.2. The number of halogens is 1. The molecule has 2 aromatic carbocycles. The molecule has 0 bridgehead atoms. The molecule has 178 valence electrons. The van der Waals surface area contributed by atoms with E-state index in [2.05, 4.69) is 54.3 Å². The van der Waals surface area contributed by atoms with Crippen LogP contribution in [-0.4, -0.2) is 59.7 Å². The van der Waals surface area contributed by atoms with Gasteiger partial charge in [-0.1, -0.05) is 23.7 Å². The number of aromatic nitrogens is 3. The summed E-state index contributed by atoms with van der Waals surface area (Å²) in [6.45, 7) is 3.98. The molecular weight excluding hydrogens is 556 g/mol. The van der Waals surface area contributed by atoms with Crippen LogP contribution in [0.5, 0.6) is 0 Å². The monoisotopic (exact) mass is 581 g/mol. The number of nitrogen functional groups attached to an aromatic ring is 1. The van der Waals surface area contributed by atoms with E-state index in [1.54, 1.807) is 0 Å². The number of urea groups is 1. The smallest absolute Gasteiger partial charge is 0.323 e. The highest BCUT2D eigenvalue weighted by atomic mass is 127. The molecule has 1 fully saturated rings. The number of rotatable bonds is 5. The molecule has 0 radical (unpaired) electrons. The Balaban J connectivity index is 1.41. The number of fused-ring (bicyclic) bond motifs is 1. The Kier molecular flexibility index (Phi) is 6.89. The van der Waals surface area contributed by atoms with Crippen molar-refractivity contribution in [2.45, 2.75) is 6.54 Å². The van der Waals surface area contributed by atoms with Crippen LogP contribution in [0, 0.1) is 3.57 Å². The van der Waals surface area contributed by atoms with E-state index in [1.807, 2.05) is 54.8 Å². The van der Waals surface area contributed by atoms with Crippen molar-refractivity contribution in [1.82, 2.24) is 19.5 Å². The van der Waals surface area contributed by atoms with Gasteiger partial charge in [-0.2, -0.15) is 5.10 Å². The van der Waals surface area contributed by atoms with Crippen LogP contribution in [0.1, 0.15) is 5.69 Å². The van der Waals surface area contributed by atoms with Crippen molar-refractivity contribution in [2.75, 3.05) is 42.7 Å². The first-order chi connectivity index (χ1) is 17.0. The van der Waals surface area contributed by atoms with Gasteiger partial charge in [-0.25, -0.2) is 14.3 Å². The first-order valence-electron chi connectivity index (χ1n) is 11.3. The van der Waals surface area contributed by atoms with Crippen molar-refractivity contribution in [3.63, 3.8) is 0 Å². The van der Waals surface area contributed by atoms with Gasteiger partial charge < -0.3 is 21.1 Å². The molecule has 0 saturated carbocycles. The maximum atomic E-state index is 12.5. The van der Waals surface area contributed by atoms with Crippen molar-refractivity contribution in [3.8, 4) is 11.1 Å². The number of carbonyl (C=O) groups is 1. The summed E-state index contributed by atoms with van der Waals surface area (Å²) in [4.78, 5) is 19.1. The Bertz CT molecular complexity index is 1390. The molecule has 5 rings (SSSR count). The Labute approximate surface area is 217 Å². The molecule has 4 N–H and O–H groups in total. The number of benzene rings is 2. The number of carbonyl (C=O) groups excluding carboxylic acids is 1. The first-order valence-corrected chi connectivity index (χ1v) is 12.4. The largest absolute Gasteiger partial charge is 0.382 e. The van der Waals surface area contributed by atoms with E-state index in [4.69, 9.17) is 10.5 Å². The van der Waals surface area contributed by atoms with Gasteiger partial charge in [-0.15, -0.1) is 0 Å². The average Bonchev–Trinajstić information content (AvgIpc) is 3.20. The minimum Gasteiger partial charge on any atom is -0.382 e. The first kappa shape index (κ1) is 23.6. The highest BCUT2D eigenvalue weighted by molar-refractivity contribution is 14.1. The van der Waals surface area contributed by atoms with Crippen LogP contribution in [0.15, 0.2) is 54.9 Å². The molecule has 2 aromatic heterocycles. The molecule has 2 amide bonds. The van der Waals surface area contributed by atoms with Crippen molar-refractivity contribution < 1.29 is 9.53 Å². The van der Waals surface area contributed by atoms with Crippen molar-refractivity contribution in [3.05, 3.63) is 64.1 Å². The highest BCUT2D eigenvalue weighted by Crippen LogP contribution is 2.33. The number of amides is 2. The number of nitrogens with zero attached hydrogens (tertiary/aromatic N) is 4. The summed E-state index contributed by atoms with van der Waals surface area (Å²) >= 11 is 2.23. The molecular formula is C24H25BIN7O2. The minimum atomic E-state index is -0.291. The molecule has 11 heteroatoms. The maximum Gasteiger partial charge on any atom is 0.323 e. The second-order valence-electron chi connectivity index (χ2n) is 8.49. The van der Waals surface area contributed by atoms with Crippen LogP contribution in [0.3, 0.4) is 0 Å². The Morgan fingerprint density at radius 2 is 1.97 bits per heavy atom. The summed E-state index contributed by atoms with van der Waals surface area (Å²) in [5.41, 5.74) is 12.6. The second-order valence-corrected chi connectivity index (χ2v) is 9.65. The lowest BCUT2D eigenvalue weighted by molar-refractivity contribution is 0.0334. The molecule has 1 aliphatic rings. The molecule has 0 atom stereocenters. The molecule has 9 nitrogen and oxygen atoms in total. The molecule has 4 aromatic rings. The predicted octanol–water partition coefficient (Wildman–Crippen LogP) is 2.32. The third-order valence-corrected chi connectivity index (χ3v) is 6.84. The SMILES string of the molecule is Bc1cccc(NC(=O)Nc2ccc(-c3cc(CN4CCOCC4)n4ncnc(N)c34)cc2I)c1. The summed E-state index contributed by atoms with van der Waals surface area (Å²) in [6.07, 6.45) is 1.48. The van der Waals surface area contributed by atoms with Gasteiger partial charge in [0.05, 0.1) is 24.6 Å². The van der Waals surface area contributed by atoms with Gasteiger partial charge in [0.25, 0.3) is 0 Å². The van der Waals surface area contributed by atoms with Crippen LogP contribution in [0.2, 0.25) is 0 Å². The van der Waals surface area contributed by atoms with Gasteiger partial charge in [0.1, 0.15) is 19.7 Å². The number of nitrogens with one attached hydrogen (secondary N) is 2. The fourth-order valence-corrected chi connectivity index (χ4v) is 4.90. The highest BCUT2D eigenvalue weighted by Gasteiger charge is 2.19. The van der Waals surface area contributed by atoms with Gasteiger partial charge in [-0.3, -0.25) is 4.90 Å². The lowest BCUT2D eigenvalue weighted by Gasteiger charge is -2.26. The molecule has 1 aliphatic heterocycles. The van der Waals surface area contributed by atoms with E-state index < -0.39 is 0 Å². The van der Waals surface area contributed by atoms with E-state index in [0.29, 0.717) is 5.82 Å². The van der Waals surface area contributed by atoms with Gasteiger partial charge in [0, 0.05) is 34.5 Å². The van der Waals surface area contributed by atoms with E-state index in [9.17, 15) is 4.79 Å². The lowest BCUT2D eigenvalue weighted by atomic mass is 9.96. The average molecular weight is 581 g/mol. The van der Waals surface area contributed by atoms with Crippen LogP contribution >= 0.6 is 22.6 Å². The van der Waals surface area contributed by atoms with Crippen molar-refractivity contribution in [1.29, 1.82) is 0 Å². The number of morpholine rings is 1. The normalized spacial score (nSPS) is 14.2. The fraction of sp³-hybridized carbons (Fsp3) is 0.208. The summed E-state index contributed by atoms with van der Waals surface area (Å²) < 4.78 is 8.26. The Morgan fingerprint density at radius 1 is 1.14 bits per heavy atom. The fourth-order valence-electron chi connectivity index (χ4n) is 4.25. The van der Waals surface area contributed by atoms with E-state index in [1.165, 1.54) is 6.33 Å². The van der Waals surface area contributed by atoms with Crippen molar-refractivity contribution in [2.24, 2.45) is 0 Å². The Hall–Kier alpha value is -3.16. The lowest BCUT2D eigenvalue weighted by Crippen LogP contribution is -2.36. The van der Waals surface area contributed by atoms with Crippen LogP contribution in [0.4, 0.5) is 22.0 Å². The zero-order valence-corrected chi connectivity index (χ0v) is 21.4. The Morgan fingerprint density at radius 3 is 2.74 bits per heavy atom. The number of anilines is 3. The summed E-state index contributed by atoms with van der Waals surface area (Å²) in [7, 11) is 1.99. The number of hydrogen-bond donors (Lipinski definition) is 3. The van der Waals surface area contributed by atoms with Crippen molar-refractivity contribution >= 4 is 64.6 Å². The van der Waals surface area contributed by atoms with E-state index in [0.717, 1.165) is 75.6 Å². The van der Waals surface area contributed by atoms with Gasteiger partial charge in [-0.05, 0) is 58.5 Å². The molecule has 3 heterocycles. The predicted molar refractivity (Wildman–Crippen MR) is 149 cm³/mol. The quantitative estimate of drug-likeness (QED) is 0.247. The topological polar surface area (TPSA) is 110 Å². The van der Waals surface area contributed by atoms with Gasteiger partial charge >= 0.3 is 6.03 Å². The zero-order chi connectivity index (χ0) is 24.4. The van der Waals surface area contributed by atoms with Gasteiger partial charge in [0.2, 0.25) is 0 Å². The minimum absolute atomic E-state index is 0.291. The standard InChI is InChI=1S/C24H25BIN7O2/c25-16-2-1-3-17(11-16)30-24(34)31-21-5-4-15(10-20(21)26)19-12-18(13-32-6-8-35-9-7-32)33-22(19)23(27)28-14-29-33/h1-5,10-12,14H,6-9,13,25H2,(H2,27,28,29)(H2,30,31,34). The zero-order valence-electron chi connectivity index (χ0n) is 19.3. The number of ether oxygens (including phenoxy) is 1. The summed E-state index contributed by atoms with van der Waals surface area (Å²) in [5.74, 6) is 0.429. The summed E-state index contributed by atoms with van der Waals surface area (Å²) in [5, 5.41) is 10.3. The molecule has 1 saturated heterocycles. The maximum absolute atomic E-state index is 12.5. The molecule has 0 aliphatic carbocycles. The molecule has 0 spiro atoms. The third kappa shape index (κ3) is 5.26. The van der Waals surface area contributed by atoms with Crippen LogP contribution in [0.25, 0.3) is 16.6 Å². The number of hydrogen-bond acceptors (Lipinski definition) is 6. The summed E-state index contributed by atoms with van der Waals surface area (Å²) in [6, 6.07) is 15.4. The van der Waals surface area contributed by atoms with Crippen LogP contribution < -0.4 is 21.8 Å². The molecule has 0 unspecified atom stereocenters.